The Balaban J connectivity index is 2.15. The Hall–Kier alpha value is -2.87. The molecule has 0 saturated heterocycles. The molecular formula is C28H41N3O4S. The molecule has 1 N–H and O–H groups in total. The van der Waals surface area contributed by atoms with E-state index < -0.39 is 16.1 Å². The highest BCUT2D eigenvalue weighted by molar-refractivity contribution is 7.92. The van der Waals surface area contributed by atoms with Crippen molar-refractivity contribution in [1.82, 2.24) is 10.2 Å². The predicted octanol–water partition coefficient (Wildman–Crippen LogP) is 4.22. The van der Waals surface area contributed by atoms with Gasteiger partial charge in [0, 0.05) is 25.6 Å². The molecule has 0 aliphatic rings. The zero-order valence-corrected chi connectivity index (χ0v) is 23.3. The number of rotatable bonds is 13. The van der Waals surface area contributed by atoms with Gasteiger partial charge in [-0.15, -0.1) is 0 Å². The Morgan fingerprint density at radius 1 is 0.972 bits per heavy atom. The van der Waals surface area contributed by atoms with Crippen molar-refractivity contribution in [3.8, 4) is 0 Å². The van der Waals surface area contributed by atoms with Gasteiger partial charge in [-0.2, -0.15) is 0 Å². The summed E-state index contributed by atoms with van der Waals surface area (Å²) in [5, 5.41) is 2.97. The van der Waals surface area contributed by atoms with Crippen LogP contribution in [0.1, 0.15) is 56.7 Å². The van der Waals surface area contributed by atoms with Gasteiger partial charge in [0.1, 0.15) is 6.04 Å². The van der Waals surface area contributed by atoms with Crippen LogP contribution in [0.2, 0.25) is 0 Å². The lowest BCUT2D eigenvalue weighted by atomic mass is 10.1. The van der Waals surface area contributed by atoms with Gasteiger partial charge in [0.05, 0.1) is 11.9 Å². The summed E-state index contributed by atoms with van der Waals surface area (Å²) in [5.41, 5.74) is 3.62. The van der Waals surface area contributed by atoms with Crippen molar-refractivity contribution in [3.05, 3.63) is 65.2 Å². The number of sulfonamides is 1. The van der Waals surface area contributed by atoms with E-state index in [1.165, 1.54) is 10.6 Å². The van der Waals surface area contributed by atoms with Crippen molar-refractivity contribution in [3.63, 3.8) is 0 Å². The maximum Gasteiger partial charge on any atom is 0.242 e. The van der Waals surface area contributed by atoms with Crippen molar-refractivity contribution >= 4 is 27.5 Å². The molecule has 36 heavy (non-hydrogen) atoms. The van der Waals surface area contributed by atoms with Crippen LogP contribution in [0.5, 0.6) is 0 Å². The molecule has 0 saturated carbocycles. The molecule has 198 valence electrons. The number of benzene rings is 2. The van der Waals surface area contributed by atoms with Crippen molar-refractivity contribution in [2.24, 2.45) is 0 Å². The number of aryl methyl sites for hydroxylation is 1. The fourth-order valence-corrected chi connectivity index (χ4v) is 5.04. The van der Waals surface area contributed by atoms with Crippen LogP contribution >= 0.6 is 0 Å². The SMILES string of the molecule is CC[C@H](C)NC(=O)[C@H](C)N(CCc1ccccc1)C(=O)CCCN(c1cccc(C)c1C)S(C)(=O)=O. The third kappa shape index (κ3) is 8.36. The molecule has 7 nitrogen and oxygen atoms in total. The molecule has 2 rings (SSSR count). The van der Waals surface area contributed by atoms with E-state index in [0.29, 0.717) is 25.1 Å². The van der Waals surface area contributed by atoms with E-state index in [1.54, 1.807) is 17.9 Å². The topological polar surface area (TPSA) is 86.8 Å². The number of nitrogens with zero attached hydrogens (tertiary/aromatic N) is 2. The largest absolute Gasteiger partial charge is 0.352 e. The number of carbonyl (C=O) groups excluding carboxylic acids is 2. The van der Waals surface area contributed by atoms with Crippen LogP contribution in [0.4, 0.5) is 5.69 Å². The third-order valence-electron chi connectivity index (χ3n) is 6.65. The molecule has 0 spiro atoms. The standard InChI is InChI=1S/C28H41N3O4S/c1-7-22(3)29-28(33)24(5)30(20-18-25-14-9-8-10-15-25)27(32)17-12-19-31(36(6,34)35)26-16-11-13-21(2)23(26)4/h8-11,13-16,22,24H,7,12,17-20H2,1-6H3,(H,29,33)/t22-,24-/m0/s1. The second kappa shape index (κ2) is 13.4. The van der Waals surface area contributed by atoms with Crippen molar-refractivity contribution < 1.29 is 18.0 Å². The number of amides is 2. The maximum absolute atomic E-state index is 13.3. The van der Waals surface area contributed by atoms with Crippen LogP contribution in [-0.4, -0.2) is 56.6 Å². The Morgan fingerprint density at radius 2 is 1.64 bits per heavy atom. The van der Waals surface area contributed by atoms with Crippen LogP contribution in [-0.2, 0) is 26.0 Å². The van der Waals surface area contributed by atoms with Gasteiger partial charge >= 0.3 is 0 Å². The number of hydrogen-bond acceptors (Lipinski definition) is 4. The van der Waals surface area contributed by atoms with E-state index in [9.17, 15) is 18.0 Å². The van der Waals surface area contributed by atoms with Gasteiger partial charge in [-0.25, -0.2) is 8.42 Å². The molecule has 0 bridgehead atoms. The molecular weight excluding hydrogens is 474 g/mol. The van der Waals surface area contributed by atoms with E-state index >= 15 is 0 Å². The fraction of sp³-hybridized carbons (Fsp3) is 0.500. The molecule has 0 unspecified atom stereocenters. The lowest BCUT2D eigenvalue weighted by Crippen LogP contribution is -2.50. The van der Waals surface area contributed by atoms with Crippen LogP contribution in [0.15, 0.2) is 48.5 Å². The highest BCUT2D eigenvalue weighted by Crippen LogP contribution is 2.25. The summed E-state index contributed by atoms with van der Waals surface area (Å²) in [6.07, 6.45) is 3.11. The van der Waals surface area contributed by atoms with Gasteiger partial charge in [0.25, 0.3) is 0 Å². The average molecular weight is 516 g/mol. The molecule has 0 aromatic heterocycles. The number of carbonyl (C=O) groups is 2. The highest BCUT2D eigenvalue weighted by Gasteiger charge is 2.27. The predicted molar refractivity (Wildman–Crippen MR) is 147 cm³/mol. The number of anilines is 1. The van der Waals surface area contributed by atoms with Gasteiger partial charge in [-0.1, -0.05) is 49.4 Å². The Labute approximate surface area is 216 Å². The maximum atomic E-state index is 13.3. The minimum absolute atomic E-state index is 0.0203. The number of hydrogen-bond donors (Lipinski definition) is 1. The van der Waals surface area contributed by atoms with E-state index in [4.69, 9.17) is 0 Å². The van der Waals surface area contributed by atoms with Gasteiger partial charge < -0.3 is 10.2 Å². The monoisotopic (exact) mass is 515 g/mol. The summed E-state index contributed by atoms with van der Waals surface area (Å²) in [5.74, 6) is -0.342. The van der Waals surface area contributed by atoms with Gasteiger partial charge in [0.2, 0.25) is 21.8 Å². The first-order valence-electron chi connectivity index (χ1n) is 12.6. The zero-order chi connectivity index (χ0) is 26.9. The molecule has 2 aromatic carbocycles. The Kier molecular flexibility index (Phi) is 11.0. The fourth-order valence-electron chi connectivity index (χ4n) is 4.02. The summed E-state index contributed by atoms with van der Waals surface area (Å²) >= 11 is 0. The van der Waals surface area contributed by atoms with Crippen molar-refractivity contribution in [2.45, 2.75) is 72.4 Å². The second-order valence-corrected chi connectivity index (χ2v) is 11.4. The summed E-state index contributed by atoms with van der Waals surface area (Å²) in [7, 11) is -3.52. The second-order valence-electron chi connectivity index (χ2n) is 9.47. The first kappa shape index (κ1) is 29.4. The first-order chi connectivity index (χ1) is 17.0. The van der Waals surface area contributed by atoms with E-state index in [1.807, 2.05) is 70.2 Å². The minimum Gasteiger partial charge on any atom is -0.352 e. The van der Waals surface area contributed by atoms with Crippen molar-refractivity contribution in [1.29, 1.82) is 0 Å². The molecule has 0 aliphatic carbocycles. The van der Waals surface area contributed by atoms with Crippen LogP contribution in [0, 0.1) is 13.8 Å². The minimum atomic E-state index is -3.52. The first-order valence-corrected chi connectivity index (χ1v) is 14.5. The van der Waals surface area contributed by atoms with E-state index in [2.05, 4.69) is 5.32 Å². The van der Waals surface area contributed by atoms with Gasteiger partial charge in [-0.05, 0) is 69.7 Å². The normalized spacial score (nSPS) is 13.1. The smallest absolute Gasteiger partial charge is 0.242 e. The lowest BCUT2D eigenvalue weighted by Gasteiger charge is -2.30. The molecule has 8 heteroatoms. The quantitative estimate of drug-likeness (QED) is 0.433. The van der Waals surface area contributed by atoms with E-state index in [-0.39, 0.29) is 30.8 Å². The summed E-state index contributed by atoms with van der Waals surface area (Å²) in [6, 6.07) is 14.8. The summed E-state index contributed by atoms with van der Waals surface area (Å²) < 4.78 is 26.5. The number of nitrogens with one attached hydrogen (secondary N) is 1. The summed E-state index contributed by atoms with van der Waals surface area (Å²) in [6.45, 7) is 10.1. The Morgan fingerprint density at radius 3 is 2.25 bits per heavy atom. The lowest BCUT2D eigenvalue weighted by molar-refractivity contribution is -0.140. The highest BCUT2D eigenvalue weighted by atomic mass is 32.2. The Bertz CT molecular complexity index is 1120. The van der Waals surface area contributed by atoms with Gasteiger partial charge in [0.15, 0.2) is 0 Å². The zero-order valence-electron chi connectivity index (χ0n) is 22.5. The van der Waals surface area contributed by atoms with Crippen LogP contribution in [0.25, 0.3) is 0 Å². The molecule has 0 fully saturated rings. The third-order valence-corrected chi connectivity index (χ3v) is 7.83. The molecule has 0 radical (unpaired) electrons. The molecule has 2 aromatic rings. The van der Waals surface area contributed by atoms with Crippen molar-refractivity contribution in [2.75, 3.05) is 23.7 Å². The van der Waals surface area contributed by atoms with Crippen LogP contribution in [0.3, 0.4) is 0 Å². The van der Waals surface area contributed by atoms with Gasteiger partial charge in [-0.3, -0.25) is 13.9 Å². The molecule has 2 atom stereocenters. The molecule has 2 amide bonds. The van der Waals surface area contributed by atoms with E-state index in [0.717, 1.165) is 23.1 Å². The van der Waals surface area contributed by atoms with Crippen LogP contribution < -0.4 is 9.62 Å². The average Bonchev–Trinajstić information content (AvgIpc) is 2.83. The molecule has 0 aliphatic heterocycles. The molecule has 0 heterocycles. The summed E-state index contributed by atoms with van der Waals surface area (Å²) in [4.78, 5) is 27.8.